The Morgan fingerprint density at radius 2 is 2.00 bits per heavy atom. The molecule has 1 saturated heterocycles. The second kappa shape index (κ2) is 5.87. The maximum atomic E-state index is 14.1. The summed E-state index contributed by atoms with van der Waals surface area (Å²) in [5.41, 5.74) is 3.54. The van der Waals surface area contributed by atoms with Gasteiger partial charge in [-0.2, -0.15) is 0 Å². The lowest BCUT2D eigenvalue weighted by Crippen LogP contribution is -2.37. The summed E-state index contributed by atoms with van der Waals surface area (Å²) in [4.78, 5) is 7.03. The van der Waals surface area contributed by atoms with Crippen LogP contribution in [0, 0.1) is 5.82 Å². The highest BCUT2D eigenvalue weighted by Gasteiger charge is 2.30. The van der Waals surface area contributed by atoms with E-state index in [1.54, 1.807) is 6.20 Å². The van der Waals surface area contributed by atoms with Crippen molar-refractivity contribution < 1.29 is 4.39 Å². The maximum absolute atomic E-state index is 14.1. The fourth-order valence-electron chi connectivity index (χ4n) is 3.68. The number of nitrogens with zero attached hydrogens (tertiary/aromatic N) is 1. The summed E-state index contributed by atoms with van der Waals surface area (Å²) >= 11 is 6.63. The number of H-pyrrole nitrogens is 1. The van der Waals surface area contributed by atoms with Gasteiger partial charge in [-0.15, -0.1) is 0 Å². The molecule has 124 valence electrons. The van der Waals surface area contributed by atoms with Crippen LogP contribution in [0.25, 0.3) is 22.2 Å². The van der Waals surface area contributed by atoms with Crippen molar-refractivity contribution in [3.05, 3.63) is 53.1 Å². The summed E-state index contributed by atoms with van der Waals surface area (Å²) in [7, 11) is 0. The Morgan fingerprint density at radius 3 is 2.75 bits per heavy atom. The molecule has 3 nitrogen and oxygen atoms in total. The first-order valence-corrected chi connectivity index (χ1v) is 8.59. The zero-order chi connectivity index (χ0) is 16.7. The largest absolute Gasteiger partial charge is 0.343 e. The minimum Gasteiger partial charge on any atom is -0.343 e. The predicted molar refractivity (Wildman–Crippen MR) is 96.0 cm³/mol. The van der Waals surface area contributed by atoms with E-state index >= 15 is 0 Å². The number of piperidine rings is 1. The van der Waals surface area contributed by atoms with Crippen molar-refractivity contribution in [3.8, 4) is 11.1 Å². The van der Waals surface area contributed by atoms with E-state index in [-0.39, 0.29) is 11.2 Å². The lowest BCUT2D eigenvalue weighted by Gasteiger charge is -2.35. The number of pyridine rings is 1. The van der Waals surface area contributed by atoms with Gasteiger partial charge in [0.15, 0.2) is 5.82 Å². The summed E-state index contributed by atoms with van der Waals surface area (Å²) < 4.78 is 14.1. The molecule has 1 aliphatic heterocycles. The summed E-state index contributed by atoms with van der Waals surface area (Å²) in [5, 5.41) is 4.65. The van der Waals surface area contributed by atoms with Gasteiger partial charge in [-0.05, 0) is 60.2 Å². The fourth-order valence-corrected chi connectivity index (χ4v) is 4.09. The number of fused-ring (bicyclic) bond motifs is 1. The van der Waals surface area contributed by atoms with Gasteiger partial charge >= 0.3 is 0 Å². The van der Waals surface area contributed by atoms with Gasteiger partial charge in [-0.25, -0.2) is 9.37 Å². The number of aromatic nitrogens is 2. The van der Waals surface area contributed by atoms with Crippen LogP contribution in [0.15, 0.2) is 36.7 Å². The number of halogens is 2. The van der Waals surface area contributed by atoms with Crippen LogP contribution >= 0.6 is 11.6 Å². The molecule has 0 radical (unpaired) electrons. The Kier molecular flexibility index (Phi) is 3.82. The number of hydrogen-bond acceptors (Lipinski definition) is 2. The molecule has 4 rings (SSSR count). The Labute approximate surface area is 145 Å². The SMILES string of the molecule is CC1(c2ccc(-c3ccnc4[nH]cc(F)c34)cc2Cl)CCNCC1. The molecule has 0 unspecified atom stereocenters. The second-order valence-electron chi connectivity index (χ2n) is 6.72. The fraction of sp³-hybridized carbons (Fsp3) is 0.316. The van der Waals surface area contributed by atoms with Crippen molar-refractivity contribution in [2.24, 2.45) is 0 Å². The molecule has 2 aromatic heterocycles. The first-order chi connectivity index (χ1) is 11.6. The normalized spacial score (nSPS) is 17.3. The highest BCUT2D eigenvalue weighted by atomic mass is 35.5. The minimum absolute atomic E-state index is 0.0910. The smallest absolute Gasteiger partial charge is 0.150 e. The van der Waals surface area contributed by atoms with E-state index in [1.807, 2.05) is 18.2 Å². The molecular weight excluding hydrogens is 325 g/mol. The first-order valence-electron chi connectivity index (χ1n) is 8.21. The molecule has 3 aromatic rings. The molecule has 2 N–H and O–H groups in total. The van der Waals surface area contributed by atoms with Gasteiger partial charge in [0.2, 0.25) is 0 Å². The predicted octanol–water partition coefficient (Wildman–Crippen LogP) is 4.66. The van der Waals surface area contributed by atoms with Gasteiger partial charge in [-0.3, -0.25) is 0 Å². The molecule has 0 saturated carbocycles. The Morgan fingerprint density at radius 1 is 1.21 bits per heavy atom. The molecule has 1 fully saturated rings. The topological polar surface area (TPSA) is 40.7 Å². The average Bonchev–Trinajstić information content (AvgIpc) is 2.97. The van der Waals surface area contributed by atoms with E-state index in [0.29, 0.717) is 11.0 Å². The number of aromatic amines is 1. The van der Waals surface area contributed by atoms with Gasteiger partial charge in [-0.1, -0.05) is 30.7 Å². The molecule has 0 atom stereocenters. The van der Waals surface area contributed by atoms with Crippen molar-refractivity contribution in [2.45, 2.75) is 25.2 Å². The zero-order valence-corrected chi connectivity index (χ0v) is 14.3. The van der Waals surface area contributed by atoms with E-state index in [0.717, 1.165) is 42.1 Å². The van der Waals surface area contributed by atoms with E-state index in [1.165, 1.54) is 11.8 Å². The van der Waals surface area contributed by atoms with Crippen LogP contribution in [0.3, 0.4) is 0 Å². The highest BCUT2D eigenvalue weighted by molar-refractivity contribution is 6.31. The van der Waals surface area contributed by atoms with E-state index < -0.39 is 0 Å². The highest BCUT2D eigenvalue weighted by Crippen LogP contribution is 2.39. The number of nitrogens with one attached hydrogen (secondary N) is 2. The number of benzene rings is 1. The summed E-state index contributed by atoms with van der Waals surface area (Å²) in [6.07, 6.45) is 5.16. The molecule has 24 heavy (non-hydrogen) atoms. The number of rotatable bonds is 2. The van der Waals surface area contributed by atoms with Crippen LogP contribution in [0.1, 0.15) is 25.3 Å². The number of hydrogen-bond donors (Lipinski definition) is 2. The van der Waals surface area contributed by atoms with E-state index in [9.17, 15) is 4.39 Å². The average molecular weight is 344 g/mol. The van der Waals surface area contributed by atoms with Crippen molar-refractivity contribution in [1.82, 2.24) is 15.3 Å². The molecule has 1 aromatic carbocycles. The third kappa shape index (κ3) is 2.50. The van der Waals surface area contributed by atoms with Crippen LogP contribution in [-0.4, -0.2) is 23.1 Å². The lowest BCUT2D eigenvalue weighted by molar-refractivity contribution is 0.335. The van der Waals surface area contributed by atoms with Crippen LogP contribution in [0.4, 0.5) is 4.39 Å². The molecule has 0 bridgehead atoms. The third-order valence-corrected chi connectivity index (χ3v) is 5.48. The lowest BCUT2D eigenvalue weighted by atomic mass is 9.74. The van der Waals surface area contributed by atoms with Gasteiger partial charge in [0, 0.05) is 17.4 Å². The summed E-state index contributed by atoms with van der Waals surface area (Å²) in [6, 6.07) is 7.91. The minimum atomic E-state index is -0.293. The quantitative estimate of drug-likeness (QED) is 0.710. The molecule has 5 heteroatoms. The molecule has 0 spiro atoms. The Bertz CT molecular complexity index is 897. The first kappa shape index (κ1) is 15.6. The van der Waals surface area contributed by atoms with Gasteiger partial charge < -0.3 is 10.3 Å². The molecular formula is C19H19ClFN3. The van der Waals surface area contributed by atoms with E-state index in [2.05, 4.69) is 28.3 Å². The standard InChI is InChI=1S/C19H19ClFN3/c1-19(5-8-22-9-6-19)14-3-2-12(10-15(14)20)13-4-7-23-18-17(13)16(21)11-24-18/h2-4,7,10-11,22H,5-6,8-9H2,1H3,(H,23,24). The van der Waals surface area contributed by atoms with Gasteiger partial charge in [0.05, 0.1) is 5.39 Å². The summed E-state index contributed by atoms with van der Waals surface area (Å²) in [5.74, 6) is -0.293. The second-order valence-corrected chi connectivity index (χ2v) is 7.13. The monoisotopic (exact) mass is 343 g/mol. The molecule has 0 amide bonds. The van der Waals surface area contributed by atoms with Crippen LogP contribution in [0.5, 0.6) is 0 Å². The third-order valence-electron chi connectivity index (χ3n) is 5.16. The Hall–Kier alpha value is -1.91. The van der Waals surface area contributed by atoms with Gasteiger partial charge in [0.25, 0.3) is 0 Å². The van der Waals surface area contributed by atoms with Crippen molar-refractivity contribution in [1.29, 1.82) is 0 Å². The van der Waals surface area contributed by atoms with Crippen molar-refractivity contribution in [2.75, 3.05) is 13.1 Å². The van der Waals surface area contributed by atoms with Crippen molar-refractivity contribution in [3.63, 3.8) is 0 Å². The van der Waals surface area contributed by atoms with E-state index in [4.69, 9.17) is 11.6 Å². The molecule has 1 aliphatic rings. The van der Waals surface area contributed by atoms with Crippen LogP contribution in [-0.2, 0) is 5.41 Å². The van der Waals surface area contributed by atoms with Gasteiger partial charge in [0.1, 0.15) is 5.65 Å². The zero-order valence-electron chi connectivity index (χ0n) is 13.5. The molecule has 0 aliphatic carbocycles. The van der Waals surface area contributed by atoms with Crippen molar-refractivity contribution >= 4 is 22.6 Å². The summed E-state index contributed by atoms with van der Waals surface area (Å²) in [6.45, 7) is 4.29. The van der Waals surface area contributed by atoms with Crippen LogP contribution in [0.2, 0.25) is 5.02 Å². The maximum Gasteiger partial charge on any atom is 0.150 e. The molecule has 3 heterocycles. The van der Waals surface area contributed by atoms with Crippen LogP contribution < -0.4 is 5.32 Å². The Balaban J connectivity index is 1.80.